The van der Waals surface area contributed by atoms with Gasteiger partial charge in [-0.3, -0.25) is 24.6 Å². The Kier molecular flexibility index (Phi) is 5.59. The summed E-state index contributed by atoms with van der Waals surface area (Å²) < 4.78 is 17.4. The molecule has 3 amide bonds. The second-order valence-electron chi connectivity index (χ2n) is 10.1. The molecule has 6 rings (SSSR count). The number of nitrogens with one attached hydrogen (secondary N) is 1. The minimum atomic E-state index is -0.694. The zero-order chi connectivity index (χ0) is 25.0. The van der Waals surface area contributed by atoms with Crippen LogP contribution in [-0.4, -0.2) is 56.0 Å². The number of rotatable bonds is 4. The third-order valence-corrected chi connectivity index (χ3v) is 7.85. The number of benzene rings is 1. The molecule has 0 bridgehead atoms. The van der Waals surface area contributed by atoms with Crippen LogP contribution in [0.25, 0.3) is 5.65 Å². The van der Waals surface area contributed by atoms with Gasteiger partial charge in [0.1, 0.15) is 17.5 Å². The van der Waals surface area contributed by atoms with Gasteiger partial charge in [0.15, 0.2) is 0 Å². The number of pyridine rings is 1. The fraction of sp³-hybridized carbons (Fsp3) is 0.407. The molecule has 0 aliphatic carbocycles. The summed E-state index contributed by atoms with van der Waals surface area (Å²) in [5.41, 5.74) is 4.97. The number of piperidine rings is 2. The molecule has 0 saturated carbocycles. The first-order valence-electron chi connectivity index (χ1n) is 12.5. The van der Waals surface area contributed by atoms with E-state index in [2.05, 4.69) is 32.6 Å². The highest BCUT2D eigenvalue weighted by Gasteiger charge is 2.40. The standard InChI is InChI=1S/C27H28FN5O3/c1-16-3-2-4-24-29-13-19(33(16)24)15-31-9-7-17(8-10-31)20-11-18-14-32(27(36)21(18)12-22(20)28)23-5-6-25(34)30-26(23)35/h2-4,11-13,17,23H,5-10,14-15H2,1H3,(H,30,34,35). The number of fused-ring (bicyclic) bond motifs is 2. The summed E-state index contributed by atoms with van der Waals surface area (Å²) >= 11 is 0. The first kappa shape index (κ1) is 22.8. The van der Waals surface area contributed by atoms with E-state index in [9.17, 15) is 14.4 Å². The Morgan fingerprint density at radius 2 is 1.92 bits per heavy atom. The van der Waals surface area contributed by atoms with E-state index in [1.54, 1.807) is 0 Å². The number of halogens is 1. The minimum Gasteiger partial charge on any atom is -0.322 e. The van der Waals surface area contributed by atoms with Gasteiger partial charge in [0.05, 0.1) is 11.9 Å². The molecule has 1 unspecified atom stereocenters. The van der Waals surface area contributed by atoms with Crippen LogP contribution in [0.4, 0.5) is 4.39 Å². The summed E-state index contributed by atoms with van der Waals surface area (Å²) in [6.45, 7) is 4.83. The Morgan fingerprint density at radius 1 is 1.11 bits per heavy atom. The van der Waals surface area contributed by atoms with E-state index in [0.29, 0.717) is 17.5 Å². The molecule has 2 saturated heterocycles. The molecule has 1 atom stereocenters. The number of aryl methyl sites for hydroxylation is 1. The molecule has 1 aromatic carbocycles. The highest BCUT2D eigenvalue weighted by Crippen LogP contribution is 2.35. The second-order valence-corrected chi connectivity index (χ2v) is 10.1. The first-order chi connectivity index (χ1) is 17.4. The maximum absolute atomic E-state index is 15.2. The number of amides is 3. The van der Waals surface area contributed by atoms with E-state index in [1.807, 2.05) is 24.4 Å². The normalized spacial score (nSPS) is 21.3. The van der Waals surface area contributed by atoms with Crippen LogP contribution in [0.5, 0.6) is 0 Å². The third kappa shape index (κ3) is 3.87. The average Bonchev–Trinajstić information content (AvgIpc) is 3.41. The molecule has 36 heavy (non-hydrogen) atoms. The van der Waals surface area contributed by atoms with Crippen LogP contribution in [0.3, 0.4) is 0 Å². The molecule has 2 fully saturated rings. The molecule has 1 N–H and O–H groups in total. The average molecular weight is 490 g/mol. The lowest BCUT2D eigenvalue weighted by molar-refractivity contribution is -0.136. The van der Waals surface area contributed by atoms with Crippen LogP contribution in [0.1, 0.15) is 64.5 Å². The smallest absolute Gasteiger partial charge is 0.255 e. The van der Waals surface area contributed by atoms with E-state index < -0.39 is 11.9 Å². The Hall–Kier alpha value is -3.59. The largest absolute Gasteiger partial charge is 0.322 e. The van der Waals surface area contributed by atoms with Gasteiger partial charge in [0.2, 0.25) is 11.8 Å². The van der Waals surface area contributed by atoms with Gasteiger partial charge in [-0.2, -0.15) is 0 Å². The van der Waals surface area contributed by atoms with Crippen molar-refractivity contribution in [2.24, 2.45) is 0 Å². The third-order valence-electron chi connectivity index (χ3n) is 7.85. The molecular formula is C27H28FN5O3. The van der Waals surface area contributed by atoms with E-state index in [1.165, 1.54) is 11.0 Å². The number of likely N-dealkylation sites (tertiary alicyclic amines) is 1. The van der Waals surface area contributed by atoms with Crippen molar-refractivity contribution in [3.05, 3.63) is 70.4 Å². The predicted molar refractivity (Wildman–Crippen MR) is 130 cm³/mol. The lowest BCUT2D eigenvalue weighted by atomic mass is 9.87. The van der Waals surface area contributed by atoms with Gasteiger partial charge in [0.25, 0.3) is 5.91 Å². The van der Waals surface area contributed by atoms with E-state index in [0.717, 1.165) is 55.1 Å². The lowest BCUT2D eigenvalue weighted by Crippen LogP contribution is -2.52. The highest BCUT2D eigenvalue weighted by molar-refractivity contribution is 6.05. The lowest BCUT2D eigenvalue weighted by Gasteiger charge is -2.32. The molecule has 5 heterocycles. The molecular weight excluding hydrogens is 461 g/mol. The van der Waals surface area contributed by atoms with Crippen LogP contribution in [0.2, 0.25) is 0 Å². The Balaban J connectivity index is 1.15. The van der Waals surface area contributed by atoms with E-state index in [-0.39, 0.29) is 36.5 Å². The van der Waals surface area contributed by atoms with Crippen molar-refractivity contribution in [2.75, 3.05) is 13.1 Å². The van der Waals surface area contributed by atoms with Crippen molar-refractivity contribution in [1.29, 1.82) is 0 Å². The van der Waals surface area contributed by atoms with Crippen LogP contribution >= 0.6 is 0 Å². The van der Waals surface area contributed by atoms with Crippen molar-refractivity contribution in [1.82, 2.24) is 24.5 Å². The van der Waals surface area contributed by atoms with Crippen molar-refractivity contribution in [3.63, 3.8) is 0 Å². The SMILES string of the molecule is Cc1cccc2ncc(CN3CCC(c4cc5c(cc4F)C(=O)N(C4CCC(=O)NC4=O)C5)CC3)n12. The molecule has 186 valence electrons. The van der Waals surface area contributed by atoms with Gasteiger partial charge in [-0.05, 0) is 74.5 Å². The molecule has 0 spiro atoms. The molecule has 8 nitrogen and oxygen atoms in total. The molecule has 3 aliphatic heterocycles. The summed E-state index contributed by atoms with van der Waals surface area (Å²) in [5.74, 6) is -1.40. The summed E-state index contributed by atoms with van der Waals surface area (Å²) in [6.07, 6.45) is 4.08. The van der Waals surface area contributed by atoms with Crippen molar-refractivity contribution in [2.45, 2.75) is 57.7 Å². The first-order valence-corrected chi connectivity index (χ1v) is 12.5. The van der Waals surface area contributed by atoms with Crippen LogP contribution < -0.4 is 5.32 Å². The van der Waals surface area contributed by atoms with Crippen molar-refractivity contribution in [3.8, 4) is 0 Å². The van der Waals surface area contributed by atoms with Crippen LogP contribution in [-0.2, 0) is 22.7 Å². The maximum atomic E-state index is 15.2. The number of carbonyl (C=O) groups excluding carboxylic acids is 3. The highest BCUT2D eigenvalue weighted by atomic mass is 19.1. The molecule has 3 aromatic rings. The van der Waals surface area contributed by atoms with Crippen LogP contribution in [0, 0.1) is 12.7 Å². The van der Waals surface area contributed by atoms with Crippen molar-refractivity contribution >= 4 is 23.4 Å². The fourth-order valence-corrected chi connectivity index (χ4v) is 5.94. The number of aromatic nitrogens is 2. The van der Waals surface area contributed by atoms with E-state index in [4.69, 9.17) is 0 Å². The molecule has 9 heteroatoms. The zero-order valence-electron chi connectivity index (χ0n) is 20.2. The molecule has 2 aromatic heterocycles. The quantitative estimate of drug-likeness (QED) is 0.570. The second kappa shape index (κ2) is 8.81. The van der Waals surface area contributed by atoms with Gasteiger partial charge in [-0.25, -0.2) is 9.37 Å². The number of imidazole rings is 1. The fourth-order valence-electron chi connectivity index (χ4n) is 5.94. The number of hydrogen-bond acceptors (Lipinski definition) is 5. The molecule has 3 aliphatic rings. The Bertz CT molecular complexity index is 1390. The summed E-state index contributed by atoms with van der Waals surface area (Å²) in [6, 6.07) is 8.56. The number of imide groups is 1. The molecule has 0 radical (unpaired) electrons. The minimum absolute atomic E-state index is 0.0789. The summed E-state index contributed by atoms with van der Waals surface area (Å²) in [7, 11) is 0. The predicted octanol–water partition coefficient (Wildman–Crippen LogP) is 2.92. The Morgan fingerprint density at radius 3 is 2.69 bits per heavy atom. The number of hydrogen-bond donors (Lipinski definition) is 1. The van der Waals surface area contributed by atoms with Crippen LogP contribution in [0.15, 0.2) is 36.5 Å². The van der Waals surface area contributed by atoms with Gasteiger partial charge < -0.3 is 9.30 Å². The van der Waals surface area contributed by atoms with Gasteiger partial charge in [-0.15, -0.1) is 0 Å². The number of nitrogens with zero attached hydrogens (tertiary/aromatic N) is 4. The maximum Gasteiger partial charge on any atom is 0.255 e. The van der Waals surface area contributed by atoms with Gasteiger partial charge in [-0.1, -0.05) is 12.1 Å². The monoisotopic (exact) mass is 489 g/mol. The van der Waals surface area contributed by atoms with Gasteiger partial charge >= 0.3 is 0 Å². The van der Waals surface area contributed by atoms with E-state index >= 15 is 4.39 Å². The van der Waals surface area contributed by atoms with Crippen molar-refractivity contribution < 1.29 is 18.8 Å². The summed E-state index contributed by atoms with van der Waals surface area (Å²) in [4.78, 5) is 45.1. The summed E-state index contributed by atoms with van der Waals surface area (Å²) in [5, 5.41) is 2.30. The Labute approximate surface area is 208 Å². The number of carbonyl (C=O) groups is 3. The zero-order valence-corrected chi connectivity index (χ0v) is 20.2. The topological polar surface area (TPSA) is 87.0 Å². The van der Waals surface area contributed by atoms with Gasteiger partial charge in [0, 0.05) is 30.8 Å².